The molecule has 1 aliphatic heterocycles. The number of benzene rings is 1. The van der Waals surface area contributed by atoms with Crippen molar-refractivity contribution in [1.82, 2.24) is 0 Å². The van der Waals surface area contributed by atoms with Gasteiger partial charge in [-0.25, -0.2) is 4.79 Å². The Morgan fingerprint density at radius 3 is 3.19 bits per heavy atom. The molecule has 0 aromatic heterocycles. The zero-order valence-corrected chi connectivity index (χ0v) is 8.69. The number of nitrogens with one attached hydrogen (secondary N) is 1. The predicted molar refractivity (Wildman–Crippen MR) is 56.3 cm³/mol. The second-order valence-electron chi connectivity index (χ2n) is 3.31. The highest BCUT2D eigenvalue weighted by Crippen LogP contribution is 2.32. The minimum absolute atomic E-state index is 0.220. The summed E-state index contributed by atoms with van der Waals surface area (Å²) in [5.74, 6) is -0.00472. The van der Waals surface area contributed by atoms with E-state index in [1.54, 1.807) is 18.2 Å². The van der Waals surface area contributed by atoms with Crippen LogP contribution in [0.4, 0.5) is 5.69 Å². The normalized spacial score (nSPS) is 17.4. The highest BCUT2D eigenvalue weighted by molar-refractivity contribution is 5.95. The van der Waals surface area contributed by atoms with Gasteiger partial charge in [0.15, 0.2) is 5.75 Å². The Labute approximate surface area is 92.6 Å². The molecule has 1 N–H and O–H groups in total. The highest BCUT2D eigenvalue weighted by Gasteiger charge is 2.23. The summed E-state index contributed by atoms with van der Waals surface area (Å²) in [6.45, 7) is 0.220. The summed E-state index contributed by atoms with van der Waals surface area (Å²) in [4.78, 5) is 11.4. The van der Waals surface area contributed by atoms with Gasteiger partial charge in [0.25, 0.3) is 0 Å². The predicted octanol–water partition coefficient (Wildman–Crippen LogP) is 1.17. The second kappa shape index (κ2) is 4.11. The minimum atomic E-state index is -0.450. The smallest absolute Gasteiger partial charge is 0.341 e. The van der Waals surface area contributed by atoms with Gasteiger partial charge in [0.05, 0.1) is 18.9 Å². The van der Waals surface area contributed by atoms with E-state index in [1.165, 1.54) is 7.11 Å². The Morgan fingerprint density at radius 1 is 1.69 bits per heavy atom. The third-order valence-corrected chi connectivity index (χ3v) is 2.30. The molecule has 0 saturated carbocycles. The first-order valence-corrected chi connectivity index (χ1v) is 4.76. The van der Waals surface area contributed by atoms with E-state index < -0.39 is 5.97 Å². The summed E-state index contributed by atoms with van der Waals surface area (Å²) in [5, 5.41) is 11.7. The maximum atomic E-state index is 11.4. The number of carbonyl (C=O) groups excluding carboxylic acids is 1. The van der Waals surface area contributed by atoms with Crippen LogP contribution < -0.4 is 10.1 Å². The maximum Gasteiger partial charge on any atom is 0.341 e. The number of fused-ring (bicyclic) bond motifs is 1. The van der Waals surface area contributed by atoms with Crippen molar-refractivity contribution in [2.24, 2.45) is 0 Å². The van der Waals surface area contributed by atoms with E-state index >= 15 is 0 Å². The molecule has 0 spiro atoms. The molecule has 0 fully saturated rings. The summed E-state index contributed by atoms with van der Waals surface area (Å²) in [5.41, 5.74) is 1.00. The topological polar surface area (TPSA) is 71.3 Å². The van der Waals surface area contributed by atoms with Gasteiger partial charge in [0, 0.05) is 0 Å². The Kier molecular flexibility index (Phi) is 2.64. The van der Waals surface area contributed by atoms with Crippen LogP contribution in [0.25, 0.3) is 0 Å². The molecule has 1 heterocycles. The molecule has 0 bridgehead atoms. The maximum absolute atomic E-state index is 11.4. The number of hydrogen-bond donors (Lipinski definition) is 1. The van der Waals surface area contributed by atoms with Crippen molar-refractivity contribution in [3.05, 3.63) is 23.8 Å². The molecule has 1 aliphatic rings. The van der Waals surface area contributed by atoms with E-state index in [-0.39, 0.29) is 12.6 Å². The van der Waals surface area contributed by atoms with Gasteiger partial charge in [0.1, 0.15) is 18.2 Å². The van der Waals surface area contributed by atoms with E-state index in [9.17, 15) is 4.79 Å². The highest BCUT2D eigenvalue weighted by atomic mass is 16.5. The molecule has 2 rings (SSSR count). The van der Waals surface area contributed by atoms with Gasteiger partial charge in [-0.05, 0) is 12.1 Å². The van der Waals surface area contributed by atoms with Gasteiger partial charge in [-0.3, -0.25) is 0 Å². The molecule has 0 saturated heterocycles. The standard InChI is InChI=1S/C11H10N2O3/c1-15-11(14)8-3-2-4-9-10(8)16-6-7(5-12)13-9/h2-4,7,13H,6H2,1H3. The lowest BCUT2D eigenvalue weighted by atomic mass is 10.1. The van der Waals surface area contributed by atoms with E-state index in [0.29, 0.717) is 17.0 Å². The quantitative estimate of drug-likeness (QED) is 0.716. The number of carbonyl (C=O) groups is 1. The zero-order valence-electron chi connectivity index (χ0n) is 8.69. The monoisotopic (exact) mass is 218 g/mol. The van der Waals surface area contributed by atoms with Gasteiger partial charge < -0.3 is 14.8 Å². The summed E-state index contributed by atoms with van der Waals surface area (Å²) >= 11 is 0. The number of anilines is 1. The van der Waals surface area contributed by atoms with E-state index in [0.717, 1.165) is 0 Å². The summed E-state index contributed by atoms with van der Waals surface area (Å²) in [6.07, 6.45) is 0. The summed E-state index contributed by atoms with van der Waals surface area (Å²) < 4.78 is 10.0. The lowest BCUT2D eigenvalue weighted by Gasteiger charge is -2.24. The molecule has 0 amide bonds. The molecule has 5 nitrogen and oxygen atoms in total. The molecule has 5 heteroatoms. The molecule has 16 heavy (non-hydrogen) atoms. The molecule has 1 aromatic carbocycles. The van der Waals surface area contributed by atoms with Crippen molar-refractivity contribution in [3.8, 4) is 11.8 Å². The first-order valence-electron chi connectivity index (χ1n) is 4.76. The first kappa shape index (κ1) is 10.3. The average Bonchev–Trinajstić information content (AvgIpc) is 2.36. The zero-order chi connectivity index (χ0) is 11.5. The Balaban J connectivity index is 2.39. The van der Waals surface area contributed by atoms with Gasteiger partial charge in [-0.2, -0.15) is 5.26 Å². The van der Waals surface area contributed by atoms with Crippen LogP contribution in [-0.2, 0) is 4.74 Å². The van der Waals surface area contributed by atoms with Crippen molar-refractivity contribution < 1.29 is 14.3 Å². The minimum Gasteiger partial charge on any atom is -0.487 e. The number of methoxy groups -OCH3 is 1. The molecular weight excluding hydrogens is 208 g/mol. The van der Waals surface area contributed by atoms with Crippen LogP contribution in [0, 0.1) is 11.3 Å². The van der Waals surface area contributed by atoms with Crippen molar-refractivity contribution in [2.75, 3.05) is 19.0 Å². The van der Waals surface area contributed by atoms with Crippen LogP contribution in [0.3, 0.4) is 0 Å². The number of ether oxygens (including phenoxy) is 2. The second-order valence-corrected chi connectivity index (χ2v) is 3.31. The lowest BCUT2D eigenvalue weighted by molar-refractivity contribution is 0.0595. The third kappa shape index (κ3) is 1.65. The molecule has 1 aromatic rings. The SMILES string of the molecule is COC(=O)c1cccc2c1OCC(C#N)N2. The van der Waals surface area contributed by atoms with Crippen molar-refractivity contribution in [2.45, 2.75) is 6.04 Å². The Morgan fingerprint density at radius 2 is 2.50 bits per heavy atom. The number of rotatable bonds is 1. The lowest BCUT2D eigenvalue weighted by Crippen LogP contribution is -2.30. The molecule has 82 valence electrons. The van der Waals surface area contributed by atoms with Gasteiger partial charge in [-0.1, -0.05) is 6.07 Å². The van der Waals surface area contributed by atoms with Crippen molar-refractivity contribution in [3.63, 3.8) is 0 Å². The number of esters is 1. The van der Waals surface area contributed by atoms with Gasteiger partial charge >= 0.3 is 5.97 Å². The number of nitrogens with zero attached hydrogens (tertiary/aromatic N) is 1. The van der Waals surface area contributed by atoms with Crippen LogP contribution in [0.5, 0.6) is 5.75 Å². The van der Waals surface area contributed by atoms with Crippen LogP contribution >= 0.6 is 0 Å². The van der Waals surface area contributed by atoms with Crippen LogP contribution in [-0.4, -0.2) is 25.7 Å². The fourth-order valence-electron chi connectivity index (χ4n) is 1.54. The van der Waals surface area contributed by atoms with E-state index in [1.807, 2.05) is 0 Å². The average molecular weight is 218 g/mol. The summed E-state index contributed by atoms with van der Waals surface area (Å²) in [6, 6.07) is 6.76. The first-order chi connectivity index (χ1) is 7.76. The molecule has 1 atom stereocenters. The van der Waals surface area contributed by atoms with Gasteiger partial charge in [0.2, 0.25) is 0 Å². The number of para-hydroxylation sites is 1. The fourth-order valence-corrected chi connectivity index (χ4v) is 1.54. The van der Waals surface area contributed by atoms with Crippen LogP contribution in [0.15, 0.2) is 18.2 Å². The van der Waals surface area contributed by atoms with E-state index in [4.69, 9.17) is 10.00 Å². The van der Waals surface area contributed by atoms with Crippen molar-refractivity contribution in [1.29, 1.82) is 5.26 Å². The van der Waals surface area contributed by atoms with Gasteiger partial charge in [-0.15, -0.1) is 0 Å². The van der Waals surface area contributed by atoms with Crippen molar-refractivity contribution >= 4 is 11.7 Å². The third-order valence-electron chi connectivity index (χ3n) is 2.30. The molecular formula is C11H10N2O3. The van der Waals surface area contributed by atoms with E-state index in [2.05, 4.69) is 16.1 Å². The summed E-state index contributed by atoms with van der Waals surface area (Å²) in [7, 11) is 1.32. The van der Waals surface area contributed by atoms with Crippen LogP contribution in [0.1, 0.15) is 10.4 Å². The molecule has 0 aliphatic carbocycles. The molecule has 0 radical (unpaired) electrons. The Hall–Kier alpha value is -2.22. The number of nitriles is 1. The largest absolute Gasteiger partial charge is 0.487 e. The molecule has 1 unspecified atom stereocenters. The number of hydrogen-bond acceptors (Lipinski definition) is 5. The fraction of sp³-hybridized carbons (Fsp3) is 0.273. The Bertz CT molecular complexity index is 465. The van der Waals surface area contributed by atoms with Crippen LogP contribution in [0.2, 0.25) is 0 Å².